The van der Waals surface area contributed by atoms with Crippen LogP contribution in [0.25, 0.3) is 11.0 Å². The van der Waals surface area contributed by atoms with E-state index in [4.69, 9.17) is 11.6 Å². The second-order valence-corrected chi connectivity index (χ2v) is 7.92. The van der Waals surface area contributed by atoms with E-state index in [0.29, 0.717) is 0 Å². The van der Waals surface area contributed by atoms with Crippen LogP contribution in [0.2, 0.25) is 0 Å². The van der Waals surface area contributed by atoms with E-state index in [2.05, 4.69) is 58.9 Å². The minimum atomic E-state index is -0.125. The predicted molar refractivity (Wildman–Crippen MR) is 92.8 cm³/mol. The SMILES string of the molecule is CC(Cl)c1nc2cc(Br)ccc2n1Cc1sccc1Br. The number of aromatic nitrogens is 2. The van der Waals surface area contributed by atoms with Crippen molar-refractivity contribution >= 4 is 65.8 Å². The number of hydrogen-bond acceptors (Lipinski definition) is 2. The van der Waals surface area contributed by atoms with Crippen LogP contribution in [0.1, 0.15) is 23.0 Å². The van der Waals surface area contributed by atoms with Crippen molar-refractivity contribution in [2.45, 2.75) is 18.8 Å². The lowest BCUT2D eigenvalue weighted by Crippen LogP contribution is -2.05. The largest absolute Gasteiger partial charge is 0.321 e. The molecule has 2 nitrogen and oxygen atoms in total. The van der Waals surface area contributed by atoms with Crippen molar-refractivity contribution in [2.24, 2.45) is 0 Å². The number of alkyl halides is 1. The first-order valence-corrected chi connectivity index (χ1v) is 8.98. The fraction of sp³-hybridized carbons (Fsp3) is 0.214. The molecule has 0 spiro atoms. The van der Waals surface area contributed by atoms with Gasteiger partial charge in [-0.1, -0.05) is 15.9 Å². The number of rotatable bonds is 3. The standard InChI is InChI=1S/C14H11Br2ClN2S/c1-8(17)14-18-11-6-9(15)2-3-12(11)19(14)7-13-10(16)4-5-20-13/h2-6,8H,7H2,1H3. The minimum Gasteiger partial charge on any atom is -0.321 e. The van der Waals surface area contributed by atoms with Crippen LogP contribution >= 0.6 is 54.8 Å². The van der Waals surface area contributed by atoms with Crippen LogP contribution in [0.15, 0.2) is 38.6 Å². The van der Waals surface area contributed by atoms with E-state index in [1.54, 1.807) is 11.3 Å². The Kier molecular flexibility index (Phi) is 4.22. The monoisotopic (exact) mass is 432 g/mol. The molecular formula is C14H11Br2ClN2S. The number of hydrogen-bond donors (Lipinski definition) is 0. The highest BCUT2D eigenvalue weighted by atomic mass is 79.9. The number of fused-ring (bicyclic) bond motifs is 1. The van der Waals surface area contributed by atoms with E-state index < -0.39 is 0 Å². The van der Waals surface area contributed by atoms with Gasteiger partial charge in [0.2, 0.25) is 0 Å². The topological polar surface area (TPSA) is 17.8 Å². The molecule has 0 aliphatic carbocycles. The van der Waals surface area contributed by atoms with Gasteiger partial charge in [0.05, 0.1) is 23.0 Å². The number of thiophene rings is 1. The molecule has 0 radical (unpaired) electrons. The molecule has 20 heavy (non-hydrogen) atoms. The molecule has 104 valence electrons. The third-order valence-corrected chi connectivity index (χ3v) is 5.69. The molecule has 0 fully saturated rings. The molecule has 0 N–H and O–H groups in total. The van der Waals surface area contributed by atoms with Gasteiger partial charge < -0.3 is 4.57 Å². The zero-order valence-electron chi connectivity index (χ0n) is 10.6. The molecule has 1 atom stereocenters. The van der Waals surface area contributed by atoms with Gasteiger partial charge in [0.25, 0.3) is 0 Å². The van der Waals surface area contributed by atoms with Crippen LogP contribution in [0.3, 0.4) is 0 Å². The third-order valence-electron chi connectivity index (χ3n) is 3.09. The molecule has 0 aliphatic heterocycles. The highest BCUT2D eigenvalue weighted by molar-refractivity contribution is 9.10. The number of benzene rings is 1. The molecule has 3 rings (SSSR count). The minimum absolute atomic E-state index is 0.125. The van der Waals surface area contributed by atoms with Crippen LogP contribution in [0.5, 0.6) is 0 Å². The van der Waals surface area contributed by atoms with Crippen molar-refractivity contribution in [3.8, 4) is 0 Å². The fourth-order valence-electron chi connectivity index (χ4n) is 2.17. The Bertz CT molecular complexity index is 764. The van der Waals surface area contributed by atoms with Gasteiger partial charge in [0.1, 0.15) is 5.82 Å². The molecule has 0 amide bonds. The summed E-state index contributed by atoms with van der Waals surface area (Å²) < 4.78 is 4.35. The first-order valence-electron chi connectivity index (χ1n) is 6.08. The number of halogens is 3. The summed E-state index contributed by atoms with van der Waals surface area (Å²) in [4.78, 5) is 5.94. The van der Waals surface area contributed by atoms with E-state index in [9.17, 15) is 0 Å². The smallest absolute Gasteiger partial charge is 0.128 e. The van der Waals surface area contributed by atoms with E-state index >= 15 is 0 Å². The van der Waals surface area contributed by atoms with Crippen molar-refractivity contribution in [3.05, 3.63) is 49.3 Å². The summed E-state index contributed by atoms with van der Waals surface area (Å²) in [5.74, 6) is 0.903. The van der Waals surface area contributed by atoms with Crippen molar-refractivity contribution in [3.63, 3.8) is 0 Å². The van der Waals surface area contributed by atoms with Crippen molar-refractivity contribution in [1.82, 2.24) is 9.55 Å². The molecule has 3 aromatic rings. The lowest BCUT2D eigenvalue weighted by Gasteiger charge is -2.10. The molecule has 0 saturated heterocycles. The first-order chi connectivity index (χ1) is 9.56. The van der Waals surface area contributed by atoms with E-state index in [1.165, 1.54) is 4.88 Å². The molecule has 1 unspecified atom stereocenters. The summed E-state index contributed by atoms with van der Waals surface area (Å²) >= 11 is 15.1. The first kappa shape index (κ1) is 14.6. The second-order valence-electron chi connectivity index (χ2n) is 4.50. The molecule has 2 aromatic heterocycles. The van der Waals surface area contributed by atoms with Crippen LogP contribution in [0, 0.1) is 0 Å². The van der Waals surface area contributed by atoms with Crippen LogP contribution in [-0.2, 0) is 6.54 Å². The van der Waals surface area contributed by atoms with E-state index in [-0.39, 0.29) is 5.38 Å². The lowest BCUT2D eigenvalue weighted by atomic mass is 10.3. The molecule has 0 bridgehead atoms. The second kappa shape index (κ2) is 5.79. The van der Waals surface area contributed by atoms with Gasteiger partial charge in [-0.15, -0.1) is 22.9 Å². The van der Waals surface area contributed by atoms with Gasteiger partial charge >= 0.3 is 0 Å². The molecule has 6 heteroatoms. The number of nitrogens with zero attached hydrogens (tertiary/aromatic N) is 2. The Morgan fingerprint density at radius 1 is 1.35 bits per heavy atom. The summed E-state index contributed by atoms with van der Waals surface area (Å²) in [5.41, 5.74) is 2.07. The lowest BCUT2D eigenvalue weighted by molar-refractivity contribution is 0.749. The molecule has 0 saturated carbocycles. The quantitative estimate of drug-likeness (QED) is 0.464. The maximum atomic E-state index is 6.30. The van der Waals surface area contributed by atoms with Crippen molar-refractivity contribution < 1.29 is 0 Å². The van der Waals surface area contributed by atoms with Gasteiger partial charge in [-0.3, -0.25) is 0 Å². The Morgan fingerprint density at radius 2 is 2.15 bits per heavy atom. The maximum absolute atomic E-state index is 6.30. The maximum Gasteiger partial charge on any atom is 0.128 e. The zero-order chi connectivity index (χ0) is 14.3. The van der Waals surface area contributed by atoms with Gasteiger partial charge in [0, 0.05) is 13.8 Å². The zero-order valence-corrected chi connectivity index (χ0v) is 15.4. The van der Waals surface area contributed by atoms with Crippen molar-refractivity contribution in [2.75, 3.05) is 0 Å². The van der Waals surface area contributed by atoms with Crippen LogP contribution < -0.4 is 0 Å². The predicted octanol–water partition coefficient (Wildman–Crippen LogP) is 5.97. The summed E-state index contributed by atoms with van der Waals surface area (Å²) in [6, 6.07) is 8.21. The Hall–Kier alpha value is -0.360. The third kappa shape index (κ3) is 2.69. The average molecular weight is 435 g/mol. The normalized spacial score (nSPS) is 13.0. The molecule has 1 aromatic carbocycles. The molecule has 2 heterocycles. The highest BCUT2D eigenvalue weighted by Crippen LogP contribution is 2.30. The van der Waals surface area contributed by atoms with Gasteiger partial charge in [-0.05, 0) is 52.5 Å². The van der Waals surface area contributed by atoms with Gasteiger partial charge in [-0.2, -0.15) is 0 Å². The van der Waals surface area contributed by atoms with Gasteiger partial charge in [0.15, 0.2) is 0 Å². The fourth-order valence-corrected chi connectivity index (χ4v) is 4.15. The summed E-state index contributed by atoms with van der Waals surface area (Å²) in [6.45, 7) is 2.74. The Balaban J connectivity index is 2.16. The average Bonchev–Trinajstić information content (AvgIpc) is 2.95. The van der Waals surface area contributed by atoms with Crippen LogP contribution in [0.4, 0.5) is 0 Å². The van der Waals surface area contributed by atoms with E-state index in [1.807, 2.05) is 19.1 Å². The summed E-state index contributed by atoms with van der Waals surface area (Å²) in [7, 11) is 0. The molecular weight excluding hydrogens is 423 g/mol. The number of imidazole rings is 1. The van der Waals surface area contributed by atoms with Crippen molar-refractivity contribution in [1.29, 1.82) is 0 Å². The highest BCUT2D eigenvalue weighted by Gasteiger charge is 2.16. The molecule has 0 aliphatic rings. The Labute approximate surface area is 143 Å². The van der Waals surface area contributed by atoms with E-state index in [0.717, 1.165) is 32.3 Å². The summed E-state index contributed by atoms with van der Waals surface area (Å²) in [5, 5.41) is 1.96. The summed E-state index contributed by atoms with van der Waals surface area (Å²) in [6.07, 6.45) is 0. The Morgan fingerprint density at radius 3 is 2.80 bits per heavy atom. The van der Waals surface area contributed by atoms with Crippen LogP contribution in [-0.4, -0.2) is 9.55 Å². The van der Waals surface area contributed by atoms with Gasteiger partial charge in [-0.25, -0.2) is 4.98 Å².